The lowest BCUT2D eigenvalue weighted by Gasteiger charge is -2.06. The minimum atomic E-state index is -1.00. The number of aliphatic carboxylic acids is 2. The fourth-order valence-corrected chi connectivity index (χ4v) is 2.94. The molecule has 0 fully saturated rings. The second-order valence-corrected chi connectivity index (χ2v) is 6.12. The van der Waals surface area contributed by atoms with Gasteiger partial charge in [-0.1, -0.05) is 21.6 Å². The minimum absolute atomic E-state index is 0.401. The monoisotopic (exact) mass is 333 g/mol. The Morgan fingerprint density at radius 2 is 1.32 bits per heavy atom. The highest BCUT2D eigenvalue weighted by atomic mass is 33.1. The van der Waals surface area contributed by atoms with Crippen molar-refractivity contribution in [3.8, 4) is 0 Å². The Morgan fingerprint density at radius 1 is 1.05 bits per heavy atom. The SMILES string of the molecule is N=[SH2]=O.N[C@@H](CCSSCC[C@H](N)C(=O)O)C(=O)O. The number of carboxylic acids is 2. The fraction of sp³-hybridized carbons (Fsp3) is 0.750. The van der Waals surface area contributed by atoms with Gasteiger partial charge in [0.05, 0.1) is 0 Å². The van der Waals surface area contributed by atoms with E-state index in [1.807, 2.05) is 0 Å². The Morgan fingerprint density at radius 3 is 1.53 bits per heavy atom. The quantitative estimate of drug-likeness (QED) is 0.273. The van der Waals surface area contributed by atoms with Gasteiger partial charge in [0.15, 0.2) is 0 Å². The molecule has 114 valence electrons. The molecule has 0 aliphatic heterocycles. The summed E-state index contributed by atoms with van der Waals surface area (Å²) in [6, 6.07) is -1.65. The molecule has 19 heavy (non-hydrogen) atoms. The van der Waals surface area contributed by atoms with Crippen molar-refractivity contribution in [1.82, 2.24) is 0 Å². The zero-order chi connectivity index (χ0) is 15.3. The second-order valence-electron chi connectivity index (χ2n) is 3.21. The molecule has 0 amide bonds. The maximum atomic E-state index is 10.4. The van der Waals surface area contributed by atoms with Crippen molar-refractivity contribution in [2.75, 3.05) is 11.5 Å². The lowest BCUT2D eigenvalue weighted by molar-refractivity contribution is -0.139. The van der Waals surface area contributed by atoms with Gasteiger partial charge in [-0.25, -0.2) is 0 Å². The fourth-order valence-electron chi connectivity index (χ4n) is 0.715. The number of rotatable bonds is 9. The molecule has 0 heterocycles. The molecule has 0 rings (SSSR count). The first-order valence-corrected chi connectivity index (χ1v) is 8.51. The third kappa shape index (κ3) is 15.5. The van der Waals surface area contributed by atoms with Gasteiger partial charge in [0.2, 0.25) is 0 Å². The predicted molar refractivity (Wildman–Crippen MR) is 79.0 cm³/mol. The van der Waals surface area contributed by atoms with Crippen LogP contribution < -0.4 is 11.5 Å². The molecule has 0 bridgehead atoms. The summed E-state index contributed by atoms with van der Waals surface area (Å²) in [5.74, 6) is -0.752. The third-order valence-electron chi connectivity index (χ3n) is 1.74. The van der Waals surface area contributed by atoms with Gasteiger partial charge in [0.1, 0.15) is 12.1 Å². The van der Waals surface area contributed by atoms with Crippen molar-refractivity contribution in [2.24, 2.45) is 11.5 Å². The molecule has 7 N–H and O–H groups in total. The summed E-state index contributed by atoms with van der Waals surface area (Å²) in [6.45, 7) is 0. The third-order valence-corrected chi connectivity index (χ3v) is 4.21. The van der Waals surface area contributed by atoms with E-state index < -0.39 is 35.5 Å². The molecule has 0 aromatic carbocycles. The van der Waals surface area contributed by atoms with Crippen LogP contribution in [0.5, 0.6) is 0 Å². The number of nitrogens with one attached hydrogen (secondary N) is 1. The molecule has 0 unspecified atom stereocenters. The van der Waals surface area contributed by atoms with E-state index in [1.165, 1.54) is 21.6 Å². The zero-order valence-electron chi connectivity index (χ0n) is 10.1. The standard InChI is InChI=1S/C8H16N2O4S2.H3NOS/c9-5(7(11)12)1-3-15-16-4-2-6(10)8(13)14;1-3-2/h5-6H,1-4,9-10H2,(H,11,12)(H,13,14);1H,3H2/t5-,6-;/m0./s1. The highest BCUT2D eigenvalue weighted by Gasteiger charge is 2.12. The van der Waals surface area contributed by atoms with Crippen molar-refractivity contribution < 1.29 is 24.0 Å². The molecule has 0 aliphatic carbocycles. The van der Waals surface area contributed by atoms with Crippen LogP contribution in [0.4, 0.5) is 0 Å². The maximum absolute atomic E-state index is 10.4. The van der Waals surface area contributed by atoms with E-state index in [0.717, 1.165) is 0 Å². The van der Waals surface area contributed by atoms with Gasteiger partial charge in [0, 0.05) is 23.0 Å². The first-order valence-electron chi connectivity index (χ1n) is 5.11. The van der Waals surface area contributed by atoms with Crippen molar-refractivity contribution in [1.29, 1.82) is 4.78 Å². The molecular weight excluding hydrogens is 314 g/mol. The molecule has 11 heteroatoms. The van der Waals surface area contributed by atoms with Crippen molar-refractivity contribution in [2.45, 2.75) is 24.9 Å². The summed E-state index contributed by atoms with van der Waals surface area (Å²) in [6.07, 6.45) is 0.802. The first-order chi connectivity index (χ1) is 8.86. The molecule has 0 radical (unpaired) electrons. The number of hydrogen-bond donors (Lipinski definition) is 5. The van der Waals surface area contributed by atoms with Gasteiger partial charge < -0.3 is 21.7 Å². The van der Waals surface area contributed by atoms with Crippen LogP contribution in [0.15, 0.2) is 0 Å². The van der Waals surface area contributed by atoms with E-state index in [4.69, 9.17) is 30.7 Å². The summed E-state index contributed by atoms with van der Waals surface area (Å²) in [5, 5.41) is 17.0. The highest BCUT2D eigenvalue weighted by Crippen LogP contribution is 2.23. The Kier molecular flexibility index (Phi) is 15.3. The van der Waals surface area contributed by atoms with Crippen LogP contribution in [0, 0.1) is 4.78 Å². The van der Waals surface area contributed by atoms with E-state index in [9.17, 15) is 9.59 Å². The van der Waals surface area contributed by atoms with E-state index >= 15 is 0 Å². The average molecular weight is 333 g/mol. The molecule has 0 saturated carbocycles. The molecule has 0 aromatic heterocycles. The van der Waals surface area contributed by atoms with E-state index in [0.29, 0.717) is 24.3 Å². The van der Waals surface area contributed by atoms with Crippen LogP contribution in [0.2, 0.25) is 0 Å². The van der Waals surface area contributed by atoms with Gasteiger partial charge in [0.25, 0.3) is 0 Å². The smallest absolute Gasteiger partial charge is 0.320 e. The number of carboxylic acid groups (broad SMARTS) is 2. The summed E-state index contributed by atoms with van der Waals surface area (Å²) in [5.41, 5.74) is 10.6. The van der Waals surface area contributed by atoms with Crippen LogP contribution in [0.1, 0.15) is 12.8 Å². The zero-order valence-corrected chi connectivity index (χ0v) is 12.7. The molecule has 2 atom stereocenters. The largest absolute Gasteiger partial charge is 0.480 e. The average Bonchev–Trinajstić information content (AvgIpc) is 2.33. The van der Waals surface area contributed by atoms with E-state index in [-0.39, 0.29) is 0 Å². The maximum Gasteiger partial charge on any atom is 0.320 e. The Balaban J connectivity index is 0. The molecule has 0 spiro atoms. The molecule has 0 aliphatic rings. The van der Waals surface area contributed by atoms with Gasteiger partial charge in [-0.3, -0.25) is 18.6 Å². The van der Waals surface area contributed by atoms with Crippen LogP contribution in [-0.2, 0) is 21.1 Å². The van der Waals surface area contributed by atoms with E-state index in [1.54, 1.807) is 0 Å². The number of nitrogens with two attached hydrogens (primary N) is 2. The van der Waals surface area contributed by atoms with Crippen LogP contribution in [-0.4, -0.2) is 49.9 Å². The Bertz CT molecular complexity index is 288. The summed E-state index contributed by atoms with van der Waals surface area (Å²) in [7, 11) is 2.96. The predicted octanol–water partition coefficient (Wildman–Crippen LogP) is -0.602. The van der Waals surface area contributed by atoms with Crippen molar-refractivity contribution in [3.05, 3.63) is 0 Å². The molecule has 0 saturated heterocycles. The highest BCUT2D eigenvalue weighted by molar-refractivity contribution is 8.76. The minimum Gasteiger partial charge on any atom is -0.480 e. The van der Waals surface area contributed by atoms with Crippen LogP contribution in [0.25, 0.3) is 0 Å². The normalized spacial score (nSPS) is 13.6. The number of hydrogen-bond acceptors (Lipinski definition) is 8. The summed E-state index contributed by atoms with van der Waals surface area (Å²) < 4.78 is 14.3. The second kappa shape index (κ2) is 13.9. The summed E-state index contributed by atoms with van der Waals surface area (Å²) in [4.78, 5) is 20.7. The lowest BCUT2D eigenvalue weighted by Crippen LogP contribution is -2.30. The molecule has 0 aromatic rings. The lowest BCUT2D eigenvalue weighted by atomic mass is 10.2. The van der Waals surface area contributed by atoms with Gasteiger partial charge in [-0.15, -0.1) is 0 Å². The molecular formula is C8H19N3O5S3. The molecule has 8 nitrogen and oxygen atoms in total. The van der Waals surface area contributed by atoms with Gasteiger partial charge in [-0.2, -0.15) is 0 Å². The Hall–Kier alpha value is -0.490. The van der Waals surface area contributed by atoms with Crippen LogP contribution in [0.3, 0.4) is 0 Å². The van der Waals surface area contributed by atoms with Crippen molar-refractivity contribution >= 4 is 45.0 Å². The first kappa shape index (κ1) is 20.8. The Labute approximate surface area is 122 Å². The topological polar surface area (TPSA) is 168 Å². The summed E-state index contributed by atoms with van der Waals surface area (Å²) >= 11 is -0.917. The van der Waals surface area contributed by atoms with Crippen molar-refractivity contribution in [3.63, 3.8) is 0 Å². The van der Waals surface area contributed by atoms with Gasteiger partial charge >= 0.3 is 11.9 Å². The van der Waals surface area contributed by atoms with Crippen LogP contribution >= 0.6 is 21.6 Å². The number of carbonyl (C=O) groups is 2. The van der Waals surface area contributed by atoms with E-state index in [2.05, 4.69) is 0 Å². The van der Waals surface area contributed by atoms with Gasteiger partial charge in [-0.05, 0) is 12.8 Å².